The van der Waals surface area contributed by atoms with E-state index in [1.165, 1.54) is 0 Å². The maximum Gasteiger partial charge on any atom is 0.0613 e. The first-order valence-electron chi connectivity index (χ1n) is 7.03. The smallest absolute Gasteiger partial charge is 0.0613 e. The van der Waals surface area contributed by atoms with Gasteiger partial charge in [0.05, 0.1) is 10.0 Å². The van der Waals surface area contributed by atoms with Crippen LogP contribution in [0.4, 0.5) is 11.4 Å². The van der Waals surface area contributed by atoms with E-state index < -0.39 is 0 Å². The highest BCUT2D eigenvalue weighted by molar-refractivity contribution is 6.43. The Bertz CT molecular complexity index is 1020. The van der Waals surface area contributed by atoms with Crippen LogP contribution in [0.5, 0.6) is 0 Å². The third-order valence-corrected chi connectivity index (χ3v) is 4.75. The lowest BCUT2D eigenvalue weighted by molar-refractivity contribution is 1.52. The number of aromatic nitrogens is 1. The van der Waals surface area contributed by atoms with Crippen LogP contribution in [0.15, 0.2) is 54.6 Å². The molecule has 23 heavy (non-hydrogen) atoms. The number of fused-ring (bicyclic) bond motifs is 3. The van der Waals surface area contributed by atoms with Gasteiger partial charge >= 0.3 is 0 Å². The number of hydrogen-bond acceptors (Lipinski definition) is 1. The van der Waals surface area contributed by atoms with Crippen LogP contribution in [0.25, 0.3) is 21.8 Å². The lowest BCUT2D eigenvalue weighted by atomic mass is 10.1. The molecule has 0 spiro atoms. The Morgan fingerprint density at radius 2 is 1.30 bits per heavy atom. The minimum Gasteiger partial charge on any atom is -0.355 e. The fourth-order valence-corrected chi connectivity index (χ4v) is 3.13. The van der Waals surface area contributed by atoms with Crippen molar-refractivity contribution in [1.82, 2.24) is 4.98 Å². The van der Waals surface area contributed by atoms with E-state index in [-0.39, 0.29) is 0 Å². The van der Waals surface area contributed by atoms with Gasteiger partial charge in [-0.05, 0) is 48.5 Å². The average molecular weight is 362 g/mol. The molecular weight excluding hydrogens is 351 g/mol. The first-order chi connectivity index (χ1) is 11.1. The topological polar surface area (TPSA) is 27.8 Å². The fraction of sp³-hybridized carbons (Fsp3) is 0. The summed E-state index contributed by atoms with van der Waals surface area (Å²) in [7, 11) is 0. The first kappa shape index (κ1) is 14.7. The number of hydrogen-bond donors (Lipinski definition) is 2. The van der Waals surface area contributed by atoms with Crippen LogP contribution in [0.3, 0.4) is 0 Å². The molecule has 2 N–H and O–H groups in total. The largest absolute Gasteiger partial charge is 0.355 e. The van der Waals surface area contributed by atoms with Gasteiger partial charge in [-0.25, -0.2) is 0 Å². The van der Waals surface area contributed by atoms with Gasteiger partial charge in [-0.1, -0.05) is 40.9 Å². The van der Waals surface area contributed by atoms with Crippen molar-refractivity contribution in [1.29, 1.82) is 0 Å². The number of nitrogens with one attached hydrogen (secondary N) is 2. The van der Waals surface area contributed by atoms with E-state index >= 15 is 0 Å². The van der Waals surface area contributed by atoms with Crippen LogP contribution < -0.4 is 5.32 Å². The van der Waals surface area contributed by atoms with Gasteiger partial charge in [0.2, 0.25) is 0 Å². The highest BCUT2D eigenvalue weighted by Gasteiger charge is 2.08. The number of benzene rings is 3. The summed E-state index contributed by atoms with van der Waals surface area (Å²) in [6.45, 7) is 0. The number of rotatable bonds is 2. The van der Waals surface area contributed by atoms with Crippen molar-refractivity contribution in [2.24, 2.45) is 0 Å². The second kappa shape index (κ2) is 5.64. The molecule has 0 bridgehead atoms. The van der Waals surface area contributed by atoms with Gasteiger partial charge in [-0.3, -0.25) is 0 Å². The molecular formula is C18H11Cl3N2. The van der Waals surface area contributed by atoms with Gasteiger partial charge in [-0.15, -0.1) is 0 Å². The summed E-state index contributed by atoms with van der Waals surface area (Å²) in [5, 5.41) is 7.36. The van der Waals surface area contributed by atoms with Gasteiger partial charge in [0.25, 0.3) is 0 Å². The molecule has 1 heterocycles. The molecule has 0 amide bonds. The van der Waals surface area contributed by atoms with Crippen molar-refractivity contribution < 1.29 is 0 Å². The predicted molar refractivity (Wildman–Crippen MR) is 101 cm³/mol. The maximum absolute atomic E-state index is 6.13. The lowest BCUT2D eigenvalue weighted by Gasteiger charge is -2.06. The Morgan fingerprint density at radius 3 is 2.09 bits per heavy atom. The number of anilines is 2. The van der Waals surface area contributed by atoms with Crippen LogP contribution >= 0.6 is 34.8 Å². The van der Waals surface area contributed by atoms with Crippen molar-refractivity contribution in [3.8, 4) is 0 Å². The summed E-state index contributed by atoms with van der Waals surface area (Å²) in [5.41, 5.74) is 3.97. The summed E-state index contributed by atoms with van der Waals surface area (Å²) >= 11 is 18.1. The Balaban J connectivity index is 1.78. The molecule has 5 heteroatoms. The maximum atomic E-state index is 6.13. The van der Waals surface area contributed by atoms with E-state index in [4.69, 9.17) is 34.8 Å². The molecule has 4 rings (SSSR count). The van der Waals surface area contributed by atoms with Gasteiger partial charge < -0.3 is 10.3 Å². The molecule has 0 saturated carbocycles. The molecule has 0 unspecified atom stereocenters. The van der Waals surface area contributed by atoms with E-state index in [2.05, 4.69) is 22.4 Å². The summed E-state index contributed by atoms with van der Waals surface area (Å²) in [5.74, 6) is 0. The van der Waals surface area contributed by atoms with E-state index in [1.54, 1.807) is 0 Å². The summed E-state index contributed by atoms with van der Waals surface area (Å²) in [6.07, 6.45) is 0. The van der Waals surface area contributed by atoms with Gasteiger partial charge in [0.1, 0.15) is 0 Å². The highest BCUT2D eigenvalue weighted by atomic mass is 35.5. The van der Waals surface area contributed by atoms with Crippen LogP contribution in [-0.4, -0.2) is 4.98 Å². The Kier molecular flexibility index (Phi) is 3.61. The van der Waals surface area contributed by atoms with Crippen molar-refractivity contribution in [3.63, 3.8) is 0 Å². The number of aromatic amines is 1. The lowest BCUT2D eigenvalue weighted by Crippen LogP contribution is -1.89. The zero-order valence-electron chi connectivity index (χ0n) is 11.8. The van der Waals surface area contributed by atoms with Crippen molar-refractivity contribution in [2.75, 3.05) is 5.32 Å². The number of halogens is 3. The van der Waals surface area contributed by atoms with E-state index in [0.29, 0.717) is 10.0 Å². The molecule has 0 aliphatic carbocycles. The Morgan fingerprint density at radius 1 is 0.652 bits per heavy atom. The fourth-order valence-electron chi connectivity index (χ4n) is 2.68. The SMILES string of the molecule is Clc1ccc(Nc2ccc3c(c2)[nH]c2cc(Cl)c(Cl)cc23)cc1. The summed E-state index contributed by atoms with van der Waals surface area (Å²) < 4.78 is 0. The minimum atomic E-state index is 0.547. The third kappa shape index (κ3) is 2.74. The van der Waals surface area contributed by atoms with Crippen molar-refractivity contribution >= 4 is 68.0 Å². The molecule has 0 atom stereocenters. The third-order valence-electron chi connectivity index (χ3n) is 3.77. The van der Waals surface area contributed by atoms with E-state index in [0.717, 1.165) is 38.2 Å². The minimum absolute atomic E-state index is 0.547. The normalized spacial score (nSPS) is 11.3. The quantitative estimate of drug-likeness (QED) is 0.394. The van der Waals surface area contributed by atoms with Gasteiger partial charge in [0, 0.05) is 38.2 Å². The average Bonchev–Trinajstić information content (AvgIpc) is 2.87. The van der Waals surface area contributed by atoms with Crippen molar-refractivity contribution in [3.05, 3.63) is 69.7 Å². The first-order valence-corrected chi connectivity index (χ1v) is 8.16. The van der Waals surface area contributed by atoms with Crippen molar-refractivity contribution in [2.45, 2.75) is 0 Å². The second-order valence-corrected chi connectivity index (χ2v) is 6.58. The monoisotopic (exact) mass is 360 g/mol. The molecule has 114 valence electrons. The summed E-state index contributed by atoms with van der Waals surface area (Å²) in [4.78, 5) is 3.38. The standard InChI is InChI=1S/C18H11Cl3N2/c19-10-1-3-11(4-2-10)22-12-5-6-13-14-8-15(20)16(21)9-18(14)23-17(13)7-12/h1-9,22-23H. The molecule has 0 aliphatic rings. The van der Waals surface area contributed by atoms with Crippen LogP contribution in [0.1, 0.15) is 0 Å². The molecule has 0 fully saturated rings. The van der Waals surface area contributed by atoms with E-state index in [9.17, 15) is 0 Å². The van der Waals surface area contributed by atoms with Crippen LogP contribution in [0.2, 0.25) is 15.1 Å². The molecule has 3 aromatic carbocycles. The van der Waals surface area contributed by atoms with E-state index in [1.807, 2.05) is 42.5 Å². The van der Waals surface area contributed by atoms with Gasteiger partial charge in [0.15, 0.2) is 0 Å². The van der Waals surface area contributed by atoms with Crippen LogP contribution in [0, 0.1) is 0 Å². The number of H-pyrrole nitrogens is 1. The highest BCUT2D eigenvalue weighted by Crippen LogP contribution is 2.34. The zero-order valence-corrected chi connectivity index (χ0v) is 14.1. The molecule has 0 saturated heterocycles. The van der Waals surface area contributed by atoms with Gasteiger partial charge in [-0.2, -0.15) is 0 Å². The molecule has 0 aliphatic heterocycles. The zero-order chi connectivity index (χ0) is 16.0. The summed E-state index contributed by atoms with van der Waals surface area (Å²) in [6, 6.07) is 17.5. The Labute approximate surface area is 148 Å². The second-order valence-electron chi connectivity index (χ2n) is 5.33. The molecule has 4 aromatic rings. The molecule has 2 nitrogen and oxygen atoms in total. The molecule has 1 aromatic heterocycles. The Hall–Kier alpha value is -1.87. The predicted octanol–water partition coefficient (Wildman–Crippen LogP) is 7.02. The molecule has 0 radical (unpaired) electrons. The van der Waals surface area contributed by atoms with Crippen LogP contribution in [-0.2, 0) is 0 Å².